The maximum atomic E-state index is 2.48. The molecule has 0 aromatic heterocycles. The molecule has 0 fully saturated rings. The summed E-state index contributed by atoms with van der Waals surface area (Å²) in [4.78, 5) is 0. The molecule has 0 rings (SSSR count). The first-order valence-electron chi connectivity index (χ1n) is 15.7. The summed E-state index contributed by atoms with van der Waals surface area (Å²) in [6.45, 7) is 9.55. The van der Waals surface area contributed by atoms with Gasteiger partial charge in [0, 0.05) is 0 Å². The molecule has 0 aliphatic heterocycles. The van der Waals surface area contributed by atoms with E-state index >= 15 is 0 Å². The molecule has 0 saturated carbocycles. The molecule has 0 nitrogen and oxygen atoms in total. The minimum Gasteiger partial charge on any atom is -0.0654 e. The first-order chi connectivity index (χ1) is 15.7. The van der Waals surface area contributed by atoms with Crippen molar-refractivity contribution in [2.24, 2.45) is 11.8 Å². The zero-order valence-corrected chi connectivity index (χ0v) is 23.5. The van der Waals surface area contributed by atoms with Gasteiger partial charge in [-0.25, -0.2) is 0 Å². The Morgan fingerprint density at radius 3 is 0.906 bits per heavy atom. The fraction of sp³-hybridized carbons (Fsp3) is 1.00. The van der Waals surface area contributed by atoms with Crippen LogP contribution in [0.3, 0.4) is 0 Å². The molecular formula is C32H66. The quantitative estimate of drug-likeness (QED) is 0.109. The Hall–Kier alpha value is 0. The molecule has 0 bridgehead atoms. The molecule has 0 radical (unpaired) electrons. The van der Waals surface area contributed by atoms with E-state index in [0.717, 1.165) is 11.8 Å². The van der Waals surface area contributed by atoms with Gasteiger partial charge in [-0.2, -0.15) is 0 Å². The number of rotatable bonds is 27. The molecule has 0 aromatic rings. The zero-order chi connectivity index (χ0) is 23.5. The van der Waals surface area contributed by atoms with Crippen LogP contribution >= 0.6 is 0 Å². The summed E-state index contributed by atoms with van der Waals surface area (Å²) in [5, 5.41) is 0. The summed E-state index contributed by atoms with van der Waals surface area (Å²) in [5.41, 5.74) is 0. The second-order valence-electron chi connectivity index (χ2n) is 11.4. The summed E-state index contributed by atoms with van der Waals surface area (Å²) >= 11 is 0. The summed E-state index contributed by atoms with van der Waals surface area (Å²) in [6.07, 6.45) is 38.2. The summed E-state index contributed by atoms with van der Waals surface area (Å²) in [7, 11) is 0. The van der Waals surface area contributed by atoms with Gasteiger partial charge < -0.3 is 0 Å². The lowest BCUT2D eigenvalue weighted by Gasteiger charge is -2.16. The predicted molar refractivity (Wildman–Crippen MR) is 150 cm³/mol. The van der Waals surface area contributed by atoms with Crippen molar-refractivity contribution in [2.45, 2.75) is 195 Å². The Labute approximate surface area is 206 Å². The van der Waals surface area contributed by atoms with Gasteiger partial charge in [0.15, 0.2) is 0 Å². The molecule has 0 N–H and O–H groups in total. The van der Waals surface area contributed by atoms with Gasteiger partial charge in [-0.15, -0.1) is 0 Å². The van der Waals surface area contributed by atoms with Crippen LogP contribution in [0.25, 0.3) is 0 Å². The topological polar surface area (TPSA) is 0 Å². The maximum Gasteiger partial charge on any atom is -0.0440 e. The summed E-state index contributed by atoms with van der Waals surface area (Å²) < 4.78 is 0. The van der Waals surface area contributed by atoms with E-state index in [-0.39, 0.29) is 0 Å². The first-order valence-corrected chi connectivity index (χ1v) is 15.7. The Morgan fingerprint density at radius 1 is 0.312 bits per heavy atom. The van der Waals surface area contributed by atoms with Crippen LogP contribution in [0.1, 0.15) is 195 Å². The van der Waals surface area contributed by atoms with Crippen LogP contribution in [0.4, 0.5) is 0 Å². The Balaban J connectivity index is 3.11. The molecule has 0 heterocycles. The smallest absolute Gasteiger partial charge is 0.0440 e. The highest BCUT2D eigenvalue weighted by Gasteiger charge is 2.07. The fourth-order valence-corrected chi connectivity index (χ4v) is 5.52. The number of unbranched alkanes of at least 4 members (excludes halogenated alkanes) is 21. The Kier molecular flexibility index (Phi) is 27.2. The largest absolute Gasteiger partial charge is 0.0654 e. The fourth-order valence-electron chi connectivity index (χ4n) is 5.52. The monoisotopic (exact) mass is 451 g/mol. The number of hydrogen-bond donors (Lipinski definition) is 0. The normalized spacial score (nSPS) is 13.5. The second kappa shape index (κ2) is 27.2. The van der Waals surface area contributed by atoms with Gasteiger partial charge in [0.25, 0.3) is 0 Å². The third-order valence-electron chi connectivity index (χ3n) is 7.64. The highest BCUT2D eigenvalue weighted by Crippen LogP contribution is 2.22. The van der Waals surface area contributed by atoms with Crippen molar-refractivity contribution in [3.8, 4) is 0 Å². The van der Waals surface area contributed by atoms with Crippen molar-refractivity contribution in [3.05, 3.63) is 0 Å². The molecule has 194 valence electrons. The molecule has 0 aromatic carbocycles. The molecule has 2 atom stereocenters. The van der Waals surface area contributed by atoms with Crippen LogP contribution in [0.5, 0.6) is 0 Å². The van der Waals surface area contributed by atoms with Crippen molar-refractivity contribution in [2.75, 3.05) is 0 Å². The average molecular weight is 451 g/mol. The number of hydrogen-bond acceptors (Lipinski definition) is 0. The van der Waals surface area contributed by atoms with Crippen LogP contribution in [-0.4, -0.2) is 0 Å². The highest BCUT2D eigenvalue weighted by atomic mass is 14.1. The van der Waals surface area contributed by atoms with E-state index in [0.29, 0.717) is 0 Å². The van der Waals surface area contributed by atoms with Gasteiger partial charge in [0.05, 0.1) is 0 Å². The van der Waals surface area contributed by atoms with E-state index in [2.05, 4.69) is 27.7 Å². The molecule has 0 spiro atoms. The molecule has 0 heteroatoms. The van der Waals surface area contributed by atoms with Gasteiger partial charge in [0.1, 0.15) is 0 Å². The Bertz CT molecular complexity index is 320. The van der Waals surface area contributed by atoms with E-state index in [1.54, 1.807) is 0 Å². The Morgan fingerprint density at radius 2 is 0.594 bits per heavy atom. The van der Waals surface area contributed by atoms with Crippen LogP contribution in [0.15, 0.2) is 0 Å². The van der Waals surface area contributed by atoms with E-state index in [1.807, 2.05) is 0 Å². The van der Waals surface area contributed by atoms with Crippen molar-refractivity contribution in [1.29, 1.82) is 0 Å². The van der Waals surface area contributed by atoms with E-state index in [9.17, 15) is 0 Å². The average Bonchev–Trinajstić information content (AvgIpc) is 2.77. The lowest BCUT2D eigenvalue weighted by molar-refractivity contribution is 0.364. The van der Waals surface area contributed by atoms with Gasteiger partial charge >= 0.3 is 0 Å². The van der Waals surface area contributed by atoms with Crippen LogP contribution in [0, 0.1) is 11.8 Å². The van der Waals surface area contributed by atoms with Crippen LogP contribution in [-0.2, 0) is 0 Å². The second-order valence-corrected chi connectivity index (χ2v) is 11.4. The third-order valence-corrected chi connectivity index (χ3v) is 7.64. The first kappa shape index (κ1) is 32.0. The molecular weight excluding hydrogens is 384 g/mol. The van der Waals surface area contributed by atoms with Crippen molar-refractivity contribution < 1.29 is 0 Å². The van der Waals surface area contributed by atoms with Crippen molar-refractivity contribution in [3.63, 3.8) is 0 Å². The minimum absolute atomic E-state index is 0.940. The molecule has 0 saturated heterocycles. The summed E-state index contributed by atoms with van der Waals surface area (Å²) in [5.74, 6) is 1.89. The predicted octanol–water partition coefficient (Wildman–Crippen LogP) is 12.4. The van der Waals surface area contributed by atoms with Crippen molar-refractivity contribution in [1.82, 2.24) is 0 Å². The van der Waals surface area contributed by atoms with Gasteiger partial charge in [-0.05, 0) is 18.3 Å². The van der Waals surface area contributed by atoms with E-state index < -0.39 is 0 Å². The maximum absolute atomic E-state index is 2.48. The molecule has 0 aliphatic rings. The van der Waals surface area contributed by atoms with E-state index in [4.69, 9.17) is 0 Å². The van der Waals surface area contributed by atoms with Crippen molar-refractivity contribution >= 4 is 0 Å². The molecule has 2 unspecified atom stereocenters. The van der Waals surface area contributed by atoms with Gasteiger partial charge in [-0.1, -0.05) is 188 Å². The SMILES string of the molecule is CCCCCCCCCCCCCCCCCCCCCCCCC(C)CC(C)CCC. The highest BCUT2D eigenvalue weighted by molar-refractivity contribution is 4.60. The molecule has 32 heavy (non-hydrogen) atoms. The third kappa shape index (κ3) is 26.3. The van der Waals surface area contributed by atoms with Crippen LogP contribution in [0.2, 0.25) is 0 Å². The lowest BCUT2D eigenvalue weighted by atomic mass is 9.90. The minimum atomic E-state index is 0.940. The van der Waals surface area contributed by atoms with E-state index in [1.165, 1.54) is 167 Å². The molecule has 0 amide bonds. The molecule has 0 aliphatic carbocycles. The standard InChI is InChI=1S/C32H66/c1-5-7-8-9-10-11-12-13-14-15-16-17-18-19-20-21-22-23-24-25-26-27-29-32(4)30-31(3)28-6-2/h31-32H,5-30H2,1-4H3. The summed E-state index contributed by atoms with van der Waals surface area (Å²) in [6, 6.07) is 0. The lowest BCUT2D eigenvalue weighted by Crippen LogP contribution is -2.03. The zero-order valence-electron chi connectivity index (χ0n) is 23.5. The van der Waals surface area contributed by atoms with Crippen LogP contribution < -0.4 is 0 Å². The van der Waals surface area contributed by atoms with Gasteiger partial charge in [0.2, 0.25) is 0 Å². The van der Waals surface area contributed by atoms with Gasteiger partial charge in [-0.3, -0.25) is 0 Å².